The Morgan fingerprint density at radius 2 is 1.87 bits per heavy atom. The SMILES string of the molecule is C[C@H]1CO[C@@]2(O[C@H]3C[C@H]4[C@@H]5C[C@@H](O)[C@H]6CC=CC[C@]6(C)[C@H]5CC[C@]4(C)[C@H]3[C@@H]2C)C(=O)C1. The zero-order chi connectivity index (χ0) is 21.8. The van der Waals surface area contributed by atoms with Crippen molar-refractivity contribution in [2.45, 2.75) is 90.6 Å². The average Bonchev–Trinajstić information content (AvgIpc) is 3.17. The van der Waals surface area contributed by atoms with E-state index in [1.165, 1.54) is 12.8 Å². The van der Waals surface area contributed by atoms with Crippen LogP contribution < -0.4 is 0 Å². The van der Waals surface area contributed by atoms with E-state index in [1.54, 1.807) is 0 Å². The van der Waals surface area contributed by atoms with Gasteiger partial charge in [-0.3, -0.25) is 4.79 Å². The van der Waals surface area contributed by atoms with Crippen molar-refractivity contribution < 1.29 is 19.4 Å². The van der Waals surface area contributed by atoms with Gasteiger partial charge in [0.15, 0.2) is 5.78 Å². The molecule has 0 bridgehead atoms. The lowest BCUT2D eigenvalue weighted by molar-refractivity contribution is -0.252. The van der Waals surface area contributed by atoms with Crippen LogP contribution in [0.3, 0.4) is 0 Å². The summed E-state index contributed by atoms with van der Waals surface area (Å²) in [6.45, 7) is 9.88. The maximum Gasteiger partial charge on any atom is 0.232 e. The van der Waals surface area contributed by atoms with Gasteiger partial charge in [0.05, 0.1) is 18.8 Å². The smallest absolute Gasteiger partial charge is 0.232 e. The van der Waals surface area contributed by atoms with Crippen LogP contribution >= 0.6 is 0 Å². The maximum absolute atomic E-state index is 13.1. The molecule has 2 saturated heterocycles. The number of ether oxygens (including phenoxy) is 2. The minimum absolute atomic E-state index is 0.110. The van der Waals surface area contributed by atoms with E-state index in [9.17, 15) is 9.90 Å². The number of aliphatic hydroxyl groups excluding tert-OH is 1. The monoisotopic (exact) mass is 428 g/mol. The molecule has 0 unspecified atom stereocenters. The molecular formula is C27H40O4. The topological polar surface area (TPSA) is 55.8 Å². The first-order valence-electron chi connectivity index (χ1n) is 12.9. The molecule has 5 fully saturated rings. The van der Waals surface area contributed by atoms with Gasteiger partial charge in [0.2, 0.25) is 5.79 Å². The van der Waals surface area contributed by atoms with Gasteiger partial charge in [-0.15, -0.1) is 0 Å². The van der Waals surface area contributed by atoms with Gasteiger partial charge in [0.1, 0.15) is 0 Å². The first-order chi connectivity index (χ1) is 14.7. The van der Waals surface area contributed by atoms with Crippen LogP contribution in [0.2, 0.25) is 0 Å². The molecule has 12 atom stereocenters. The van der Waals surface area contributed by atoms with Crippen molar-refractivity contribution in [3.63, 3.8) is 0 Å². The molecule has 2 aliphatic heterocycles. The normalized spacial score (nSPS) is 60.4. The van der Waals surface area contributed by atoms with Crippen molar-refractivity contribution >= 4 is 5.78 Å². The van der Waals surface area contributed by atoms with E-state index >= 15 is 0 Å². The molecule has 3 saturated carbocycles. The molecule has 31 heavy (non-hydrogen) atoms. The van der Waals surface area contributed by atoms with E-state index < -0.39 is 5.79 Å². The number of ketones is 1. The molecule has 0 radical (unpaired) electrons. The molecule has 2 heterocycles. The summed E-state index contributed by atoms with van der Waals surface area (Å²) in [5, 5.41) is 11.2. The minimum atomic E-state index is -0.996. The van der Waals surface area contributed by atoms with Crippen LogP contribution in [0, 0.1) is 52.3 Å². The fraction of sp³-hybridized carbons (Fsp3) is 0.889. The van der Waals surface area contributed by atoms with Crippen LogP contribution in [-0.4, -0.2) is 35.5 Å². The number of hydrogen-bond acceptors (Lipinski definition) is 4. The van der Waals surface area contributed by atoms with Gasteiger partial charge in [-0.2, -0.15) is 0 Å². The summed E-state index contributed by atoms with van der Waals surface area (Å²) in [7, 11) is 0. The summed E-state index contributed by atoms with van der Waals surface area (Å²) >= 11 is 0. The highest BCUT2D eigenvalue weighted by Gasteiger charge is 2.71. The van der Waals surface area contributed by atoms with Crippen molar-refractivity contribution in [2.75, 3.05) is 6.61 Å². The number of rotatable bonds is 0. The second-order valence-corrected chi connectivity index (χ2v) is 12.7. The van der Waals surface area contributed by atoms with Crippen molar-refractivity contribution in [1.29, 1.82) is 0 Å². The zero-order valence-corrected chi connectivity index (χ0v) is 19.7. The Morgan fingerprint density at radius 1 is 1.06 bits per heavy atom. The molecule has 0 aromatic rings. The molecule has 4 aliphatic carbocycles. The van der Waals surface area contributed by atoms with Crippen LogP contribution in [0.1, 0.15) is 72.6 Å². The molecule has 6 aliphatic rings. The van der Waals surface area contributed by atoms with E-state index in [2.05, 4.69) is 39.8 Å². The lowest BCUT2D eigenvalue weighted by Gasteiger charge is -2.61. The predicted molar refractivity (Wildman–Crippen MR) is 118 cm³/mol. The highest BCUT2D eigenvalue weighted by atomic mass is 16.7. The average molecular weight is 429 g/mol. The van der Waals surface area contributed by atoms with E-state index in [4.69, 9.17) is 9.47 Å². The number of allylic oxidation sites excluding steroid dienone is 2. The highest BCUT2D eigenvalue weighted by Crippen LogP contribution is 2.70. The molecule has 4 heteroatoms. The second kappa shape index (κ2) is 6.67. The van der Waals surface area contributed by atoms with Gasteiger partial charge in [-0.25, -0.2) is 0 Å². The van der Waals surface area contributed by atoms with Crippen molar-refractivity contribution in [3.8, 4) is 0 Å². The minimum Gasteiger partial charge on any atom is -0.393 e. The van der Waals surface area contributed by atoms with E-state index in [-0.39, 0.29) is 40.7 Å². The lowest BCUT2D eigenvalue weighted by atomic mass is 9.44. The van der Waals surface area contributed by atoms with Gasteiger partial charge in [0.25, 0.3) is 0 Å². The number of hydrogen-bond donors (Lipinski definition) is 1. The Balaban J connectivity index is 1.31. The van der Waals surface area contributed by atoms with Crippen LogP contribution in [0.4, 0.5) is 0 Å². The van der Waals surface area contributed by atoms with Crippen LogP contribution in [0.25, 0.3) is 0 Å². The van der Waals surface area contributed by atoms with Crippen molar-refractivity contribution in [3.05, 3.63) is 12.2 Å². The molecule has 0 amide bonds. The third-order valence-electron chi connectivity index (χ3n) is 11.3. The fourth-order valence-electron chi connectivity index (χ4n) is 9.86. The first-order valence-corrected chi connectivity index (χ1v) is 12.9. The Labute approximate surface area is 187 Å². The number of Topliss-reactive ketones (excluding diaryl/α,β-unsaturated/α-hetero) is 1. The summed E-state index contributed by atoms with van der Waals surface area (Å²) in [6, 6.07) is 0. The number of fused-ring (bicyclic) bond motifs is 7. The standard InChI is InChI=1S/C27H40O4/c1-15-11-23(29)27(30-14-15)16(2)24-22(31-27)13-20-17-12-21(28)19-7-5-6-9-25(19,3)18(17)8-10-26(20,24)4/h5-6,15-22,24,28H,7-14H2,1-4H3/t15-,16+,17-,18+,19-,20+,21-,22+,24+,25-,26+,27+/m1/s1. The fourth-order valence-corrected chi connectivity index (χ4v) is 9.86. The summed E-state index contributed by atoms with van der Waals surface area (Å²) in [5.74, 6) is 2.21. The molecule has 172 valence electrons. The Morgan fingerprint density at radius 3 is 2.65 bits per heavy atom. The van der Waals surface area contributed by atoms with E-state index in [1.807, 2.05) is 0 Å². The van der Waals surface area contributed by atoms with Gasteiger partial charge in [-0.05, 0) is 84.9 Å². The molecule has 4 nitrogen and oxygen atoms in total. The Bertz CT molecular complexity index is 807. The van der Waals surface area contributed by atoms with Crippen LogP contribution in [-0.2, 0) is 14.3 Å². The predicted octanol–water partition coefficient (Wildman–Crippen LogP) is 4.75. The Hall–Kier alpha value is -0.710. The van der Waals surface area contributed by atoms with Crippen LogP contribution in [0.15, 0.2) is 12.2 Å². The molecule has 6 rings (SSSR count). The van der Waals surface area contributed by atoms with Crippen molar-refractivity contribution in [2.24, 2.45) is 52.3 Å². The third-order valence-corrected chi connectivity index (χ3v) is 11.3. The zero-order valence-electron chi connectivity index (χ0n) is 19.7. The molecule has 0 aromatic carbocycles. The molecule has 1 N–H and O–H groups in total. The quantitative estimate of drug-likeness (QED) is 0.566. The summed E-state index contributed by atoms with van der Waals surface area (Å²) in [4.78, 5) is 13.1. The first kappa shape index (κ1) is 20.9. The largest absolute Gasteiger partial charge is 0.393 e. The summed E-state index contributed by atoms with van der Waals surface area (Å²) < 4.78 is 12.9. The number of aliphatic hydroxyl groups is 1. The van der Waals surface area contributed by atoms with E-state index in [0.29, 0.717) is 42.6 Å². The molecule has 1 spiro atoms. The lowest BCUT2D eigenvalue weighted by Crippen LogP contribution is -2.58. The van der Waals surface area contributed by atoms with Gasteiger partial charge in [-0.1, -0.05) is 39.8 Å². The van der Waals surface area contributed by atoms with Crippen LogP contribution in [0.5, 0.6) is 0 Å². The van der Waals surface area contributed by atoms with Gasteiger partial charge in [0, 0.05) is 12.3 Å². The number of carbonyl (C=O) groups is 1. The maximum atomic E-state index is 13.1. The van der Waals surface area contributed by atoms with Gasteiger partial charge < -0.3 is 14.6 Å². The van der Waals surface area contributed by atoms with E-state index in [0.717, 1.165) is 25.7 Å². The summed E-state index contributed by atoms with van der Waals surface area (Å²) in [5.41, 5.74) is 0.400. The molecular weight excluding hydrogens is 388 g/mol. The highest BCUT2D eigenvalue weighted by molar-refractivity contribution is 5.87. The summed E-state index contributed by atoms with van der Waals surface area (Å²) in [6.07, 6.45) is 11.8. The van der Waals surface area contributed by atoms with Crippen molar-refractivity contribution in [1.82, 2.24) is 0 Å². The third kappa shape index (κ3) is 2.56. The van der Waals surface area contributed by atoms with Gasteiger partial charge >= 0.3 is 0 Å². The molecule has 0 aromatic heterocycles. The number of carbonyl (C=O) groups excluding carboxylic acids is 1. The Kier molecular flexibility index (Phi) is 4.49. The second-order valence-electron chi connectivity index (χ2n) is 12.7.